The zero-order valence-corrected chi connectivity index (χ0v) is 17.4. The fourth-order valence-electron chi connectivity index (χ4n) is 3.12. The lowest BCUT2D eigenvalue weighted by Crippen LogP contribution is -2.14. The minimum Gasteiger partial charge on any atom is -0.496 e. The molecule has 1 heterocycles. The molecule has 0 saturated heterocycles. The molecule has 30 heavy (non-hydrogen) atoms. The van der Waals surface area contributed by atoms with E-state index in [0.29, 0.717) is 39.7 Å². The first kappa shape index (κ1) is 21.2. The molecule has 0 atom stereocenters. The summed E-state index contributed by atoms with van der Waals surface area (Å²) < 4.78 is 31.8. The van der Waals surface area contributed by atoms with Gasteiger partial charge in [-0.2, -0.15) is 0 Å². The normalized spacial score (nSPS) is 13.6. The summed E-state index contributed by atoms with van der Waals surface area (Å²) in [5.41, 5.74) is 1.61. The highest BCUT2D eigenvalue weighted by Gasteiger charge is 2.30. The van der Waals surface area contributed by atoms with Crippen LogP contribution in [0, 0.1) is 6.92 Å². The van der Waals surface area contributed by atoms with Crippen LogP contribution in [0.3, 0.4) is 0 Å². The molecule has 2 aromatic carbocycles. The van der Waals surface area contributed by atoms with E-state index in [-0.39, 0.29) is 23.9 Å². The predicted molar refractivity (Wildman–Crippen MR) is 108 cm³/mol. The van der Waals surface area contributed by atoms with E-state index in [0.717, 1.165) is 0 Å². The number of Topliss-reactive ketones (excluding diaryl/α,β-unsaturated/α-hetero) is 1. The quantitative estimate of drug-likeness (QED) is 0.388. The standard InChI is InChI=1S/C22H22O8/c1-12-6-14(29-20(23)11-25-2)9-18-21(12)22(24)19(30-18)8-13-7-16(27-4)17(28-5)10-15(13)26-3/h6-10H,11H2,1-5H3/b19-8-. The van der Waals surface area contributed by atoms with Crippen LogP contribution in [0.2, 0.25) is 0 Å². The predicted octanol–water partition coefficient (Wildman–Crippen LogP) is 3.19. The van der Waals surface area contributed by atoms with E-state index in [4.69, 9.17) is 28.4 Å². The van der Waals surface area contributed by atoms with E-state index in [2.05, 4.69) is 0 Å². The summed E-state index contributed by atoms with van der Waals surface area (Å²) in [4.78, 5) is 24.6. The Morgan fingerprint density at radius 1 is 0.967 bits per heavy atom. The van der Waals surface area contributed by atoms with Gasteiger partial charge >= 0.3 is 5.97 Å². The highest BCUT2D eigenvalue weighted by molar-refractivity contribution is 6.15. The van der Waals surface area contributed by atoms with Gasteiger partial charge in [0.15, 0.2) is 17.3 Å². The lowest BCUT2D eigenvalue weighted by Gasteiger charge is -2.12. The van der Waals surface area contributed by atoms with E-state index < -0.39 is 5.97 Å². The van der Waals surface area contributed by atoms with Gasteiger partial charge in [0, 0.05) is 24.8 Å². The maximum absolute atomic E-state index is 12.9. The molecule has 0 N–H and O–H groups in total. The van der Waals surface area contributed by atoms with Crippen molar-refractivity contribution in [2.24, 2.45) is 0 Å². The number of carbonyl (C=O) groups is 2. The second-order valence-corrected chi connectivity index (χ2v) is 6.41. The molecule has 8 nitrogen and oxygen atoms in total. The first-order valence-electron chi connectivity index (χ1n) is 9.00. The number of allylic oxidation sites excluding steroid dienone is 1. The third-order valence-electron chi connectivity index (χ3n) is 4.46. The van der Waals surface area contributed by atoms with E-state index in [1.165, 1.54) is 34.5 Å². The lowest BCUT2D eigenvalue weighted by atomic mass is 10.0. The SMILES string of the molecule is COCC(=O)Oc1cc(C)c2c(c1)O/C(=C\c1cc(OC)c(OC)cc1OC)C2=O. The molecule has 8 heteroatoms. The number of fused-ring (bicyclic) bond motifs is 1. The number of ether oxygens (including phenoxy) is 6. The Balaban J connectivity index is 1.97. The largest absolute Gasteiger partial charge is 0.496 e. The number of benzene rings is 2. The minimum absolute atomic E-state index is 0.110. The van der Waals surface area contributed by atoms with Crippen LogP contribution in [0.1, 0.15) is 21.5 Å². The summed E-state index contributed by atoms with van der Waals surface area (Å²) in [6.45, 7) is 1.56. The Bertz CT molecular complexity index is 1020. The molecule has 0 radical (unpaired) electrons. The van der Waals surface area contributed by atoms with Gasteiger partial charge in [0.25, 0.3) is 0 Å². The van der Waals surface area contributed by atoms with Crippen molar-refractivity contribution in [2.75, 3.05) is 35.0 Å². The molecule has 3 rings (SSSR count). The van der Waals surface area contributed by atoms with Crippen molar-refractivity contribution in [3.05, 3.63) is 46.7 Å². The van der Waals surface area contributed by atoms with Gasteiger partial charge < -0.3 is 28.4 Å². The fourth-order valence-corrected chi connectivity index (χ4v) is 3.12. The summed E-state index contributed by atoms with van der Waals surface area (Å²) in [7, 11) is 5.95. The van der Waals surface area contributed by atoms with Crippen LogP contribution in [0.4, 0.5) is 0 Å². The number of carbonyl (C=O) groups excluding carboxylic acids is 2. The van der Waals surface area contributed by atoms with Crippen molar-refractivity contribution < 1.29 is 38.0 Å². The molecule has 0 aliphatic carbocycles. The third-order valence-corrected chi connectivity index (χ3v) is 4.46. The summed E-state index contributed by atoms with van der Waals surface area (Å²) in [6.07, 6.45) is 1.57. The molecule has 0 saturated carbocycles. The van der Waals surface area contributed by atoms with Gasteiger partial charge in [-0.1, -0.05) is 0 Å². The second-order valence-electron chi connectivity index (χ2n) is 6.41. The third kappa shape index (κ3) is 4.08. The Morgan fingerprint density at radius 3 is 2.27 bits per heavy atom. The van der Waals surface area contributed by atoms with Crippen molar-refractivity contribution >= 4 is 17.8 Å². The molecule has 0 amide bonds. The van der Waals surface area contributed by atoms with Crippen LogP contribution in [-0.2, 0) is 9.53 Å². The molecule has 158 valence electrons. The number of rotatable bonds is 7. The topological polar surface area (TPSA) is 89.5 Å². The van der Waals surface area contributed by atoms with Crippen LogP contribution in [0.5, 0.6) is 28.7 Å². The Morgan fingerprint density at radius 2 is 1.63 bits per heavy atom. The average molecular weight is 414 g/mol. The summed E-state index contributed by atoms with van der Waals surface area (Å²) in [5.74, 6) is 1.32. The van der Waals surface area contributed by atoms with Crippen molar-refractivity contribution in [1.82, 2.24) is 0 Å². The van der Waals surface area contributed by atoms with Gasteiger partial charge in [0.05, 0.1) is 26.9 Å². The number of ketones is 1. The van der Waals surface area contributed by atoms with Gasteiger partial charge in [0.2, 0.25) is 5.78 Å². The van der Waals surface area contributed by atoms with Gasteiger partial charge in [-0.3, -0.25) is 4.79 Å². The van der Waals surface area contributed by atoms with E-state index in [1.54, 1.807) is 31.2 Å². The lowest BCUT2D eigenvalue weighted by molar-refractivity contribution is -0.138. The molecule has 1 aliphatic rings. The van der Waals surface area contributed by atoms with Crippen molar-refractivity contribution in [2.45, 2.75) is 6.92 Å². The number of hydrogen-bond acceptors (Lipinski definition) is 8. The smallest absolute Gasteiger partial charge is 0.337 e. The Hall–Kier alpha value is -3.52. The Kier molecular flexibility index (Phi) is 6.27. The summed E-state index contributed by atoms with van der Waals surface area (Å²) in [5, 5.41) is 0. The molecule has 0 aromatic heterocycles. The van der Waals surface area contributed by atoms with E-state index >= 15 is 0 Å². The maximum Gasteiger partial charge on any atom is 0.337 e. The van der Waals surface area contributed by atoms with Gasteiger partial charge in [-0.15, -0.1) is 0 Å². The molecule has 1 aliphatic heterocycles. The molecule has 0 bridgehead atoms. The van der Waals surface area contributed by atoms with Crippen molar-refractivity contribution in [1.29, 1.82) is 0 Å². The highest BCUT2D eigenvalue weighted by Crippen LogP contribution is 2.40. The van der Waals surface area contributed by atoms with Crippen LogP contribution < -0.4 is 23.7 Å². The Labute approximate surface area is 173 Å². The number of esters is 1. The molecule has 2 aromatic rings. The molecular formula is C22H22O8. The highest BCUT2D eigenvalue weighted by atomic mass is 16.6. The second kappa shape index (κ2) is 8.87. The molecule has 0 fully saturated rings. The van der Waals surface area contributed by atoms with Crippen LogP contribution >= 0.6 is 0 Å². The summed E-state index contributed by atoms with van der Waals surface area (Å²) >= 11 is 0. The van der Waals surface area contributed by atoms with Crippen LogP contribution in [0.15, 0.2) is 30.0 Å². The van der Waals surface area contributed by atoms with Gasteiger partial charge in [0.1, 0.15) is 23.9 Å². The zero-order chi connectivity index (χ0) is 21.8. The average Bonchev–Trinajstić information content (AvgIpc) is 3.03. The molecule has 0 spiro atoms. The molecular weight excluding hydrogens is 392 g/mol. The number of aryl methyl sites for hydroxylation is 1. The van der Waals surface area contributed by atoms with Crippen LogP contribution in [0.25, 0.3) is 6.08 Å². The van der Waals surface area contributed by atoms with Crippen molar-refractivity contribution in [3.8, 4) is 28.7 Å². The van der Waals surface area contributed by atoms with Crippen LogP contribution in [-0.4, -0.2) is 46.8 Å². The number of hydrogen-bond donors (Lipinski definition) is 0. The first-order valence-corrected chi connectivity index (χ1v) is 9.00. The van der Waals surface area contributed by atoms with Gasteiger partial charge in [-0.05, 0) is 30.7 Å². The maximum atomic E-state index is 12.9. The molecule has 0 unspecified atom stereocenters. The first-order chi connectivity index (χ1) is 14.4. The summed E-state index contributed by atoms with van der Waals surface area (Å²) in [6, 6.07) is 6.46. The monoisotopic (exact) mass is 414 g/mol. The number of methoxy groups -OCH3 is 4. The van der Waals surface area contributed by atoms with Gasteiger partial charge in [-0.25, -0.2) is 4.79 Å². The van der Waals surface area contributed by atoms with Crippen molar-refractivity contribution in [3.63, 3.8) is 0 Å². The minimum atomic E-state index is -0.549. The fraction of sp³-hybridized carbons (Fsp3) is 0.273. The zero-order valence-electron chi connectivity index (χ0n) is 17.4. The van der Waals surface area contributed by atoms with E-state index in [9.17, 15) is 9.59 Å². The van der Waals surface area contributed by atoms with E-state index in [1.807, 2.05) is 0 Å².